The Bertz CT molecular complexity index is 2030. The number of carbonyl (C=O) groups excluding carboxylic acids is 1. The molecule has 0 amide bonds. The third-order valence-electron chi connectivity index (χ3n) is 9.43. The number of hydrogen-bond acceptors (Lipinski definition) is 4. The maximum Gasteiger partial charge on any atom is 0.162 e. The van der Waals surface area contributed by atoms with E-state index < -0.39 is 0 Å². The van der Waals surface area contributed by atoms with E-state index >= 15 is 0 Å². The van der Waals surface area contributed by atoms with Crippen LogP contribution in [0.5, 0.6) is 0 Å². The van der Waals surface area contributed by atoms with Crippen molar-refractivity contribution in [2.24, 2.45) is 18.9 Å². The first-order chi connectivity index (χ1) is 22.2. The number of aliphatic hydroxyl groups is 1. The molecule has 0 atom stereocenters. The number of aromatic nitrogens is 3. The summed E-state index contributed by atoms with van der Waals surface area (Å²) in [5.74, 6) is 0.954. The molecular weight excluding hydrogens is 759 g/mol. The van der Waals surface area contributed by atoms with Crippen molar-refractivity contribution in [1.82, 2.24) is 14.5 Å². The second-order valence-electron chi connectivity index (χ2n) is 12.5. The van der Waals surface area contributed by atoms with Gasteiger partial charge < -0.3 is 9.67 Å². The Morgan fingerprint density at radius 1 is 0.851 bits per heavy atom. The van der Waals surface area contributed by atoms with Gasteiger partial charge in [-0.05, 0) is 48.4 Å². The third kappa shape index (κ3) is 7.20. The van der Waals surface area contributed by atoms with E-state index in [0.717, 1.165) is 53.4 Å². The van der Waals surface area contributed by atoms with Crippen LogP contribution < -0.4 is 0 Å². The topological polar surface area (TPSA) is 68.0 Å². The predicted molar refractivity (Wildman–Crippen MR) is 193 cm³/mol. The minimum Gasteiger partial charge on any atom is -0.512 e. The van der Waals surface area contributed by atoms with Gasteiger partial charge in [-0.1, -0.05) is 101 Å². The van der Waals surface area contributed by atoms with Crippen LogP contribution in [0, 0.1) is 17.9 Å². The molecular formula is C41H46IrN3O2-. The summed E-state index contributed by atoms with van der Waals surface area (Å²) in [6, 6.07) is 27.3. The third-order valence-corrected chi connectivity index (χ3v) is 9.43. The fraction of sp³-hybridized carbons (Fsp3) is 0.341. The summed E-state index contributed by atoms with van der Waals surface area (Å²) >= 11 is 0. The molecule has 0 aliphatic heterocycles. The van der Waals surface area contributed by atoms with Gasteiger partial charge in [0.25, 0.3) is 0 Å². The molecule has 0 aliphatic carbocycles. The minimum atomic E-state index is 0. The molecule has 4 aromatic carbocycles. The Morgan fingerprint density at radius 2 is 1.49 bits per heavy atom. The second kappa shape index (κ2) is 15.8. The van der Waals surface area contributed by atoms with Crippen molar-refractivity contribution in [2.75, 3.05) is 0 Å². The smallest absolute Gasteiger partial charge is 0.162 e. The quantitative estimate of drug-likeness (QED) is 0.0898. The summed E-state index contributed by atoms with van der Waals surface area (Å²) in [6.45, 7) is 12.6. The van der Waals surface area contributed by atoms with Gasteiger partial charge in [0.1, 0.15) is 12.0 Å². The molecule has 0 fully saturated rings. The van der Waals surface area contributed by atoms with Gasteiger partial charge in [-0.3, -0.25) is 9.78 Å². The molecule has 47 heavy (non-hydrogen) atoms. The average molecular weight is 805 g/mol. The van der Waals surface area contributed by atoms with Gasteiger partial charge in [-0.2, -0.15) is 0 Å². The van der Waals surface area contributed by atoms with Gasteiger partial charge in [-0.15, -0.1) is 29.1 Å². The molecule has 247 valence electrons. The van der Waals surface area contributed by atoms with E-state index in [9.17, 15) is 9.90 Å². The standard InChI is InChI=1S/C28H22N3.C13H24O2.Ir/c1-17(2)23-15-20(14-19-9-5-6-10-21(19)23)27-26-25-22-11-7-4-8-18(22)12-13-24(25)31(3)28(26)30-16-29-27;1-5-10(6-2)12(14)9-13(15)11(7-3)8-4;/h4-13,15-17H,1-3H3;9-11,14H,5-8H2,1-4H3;/q-1;;/b;12-9-;. The van der Waals surface area contributed by atoms with Gasteiger partial charge in [0, 0.05) is 61.5 Å². The number of benzene rings is 4. The van der Waals surface area contributed by atoms with Crippen molar-refractivity contribution in [2.45, 2.75) is 73.1 Å². The monoisotopic (exact) mass is 805 g/mol. The molecule has 0 spiro atoms. The molecule has 1 radical (unpaired) electrons. The zero-order valence-electron chi connectivity index (χ0n) is 28.6. The summed E-state index contributed by atoms with van der Waals surface area (Å²) in [7, 11) is 2.08. The number of carbonyl (C=O) groups is 1. The molecule has 0 saturated heterocycles. The molecule has 6 aromatic rings. The molecule has 5 nitrogen and oxygen atoms in total. The summed E-state index contributed by atoms with van der Waals surface area (Å²) in [5, 5.41) is 16.9. The molecule has 0 unspecified atom stereocenters. The van der Waals surface area contributed by atoms with Crippen molar-refractivity contribution < 1.29 is 30.0 Å². The first kappa shape index (κ1) is 36.0. The number of hydrogen-bond donors (Lipinski definition) is 1. The zero-order chi connectivity index (χ0) is 33.0. The van der Waals surface area contributed by atoms with E-state index in [2.05, 4.69) is 103 Å². The number of aryl methyl sites for hydroxylation is 1. The van der Waals surface area contributed by atoms with E-state index in [4.69, 9.17) is 4.98 Å². The van der Waals surface area contributed by atoms with Crippen LogP contribution in [0.2, 0.25) is 0 Å². The van der Waals surface area contributed by atoms with Crippen molar-refractivity contribution in [3.05, 3.63) is 96.5 Å². The Kier molecular flexibility index (Phi) is 12.1. The Morgan fingerprint density at radius 3 is 2.15 bits per heavy atom. The van der Waals surface area contributed by atoms with Crippen LogP contribution >= 0.6 is 0 Å². The average Bonchev–Trinajstić information content (AvgIpc) is 3.37. The molecule has 6 rings (SSSR count). The number of allylic oxidation sites excluding steroid dienone is 2. The number of ketones is 1. The number of aliphatic hydroxyl groups excluding tert-OH is 1. The zero-order valence-corrected chi connectivity index (χ0v) is 31.0. The van der Waals surface area contributed by atoms with E-state index in [1.807, 2.05) is 27.7 Å². The van der Waals surface area contributed by atoms with Crippen LogP contribution in [0.15, 0.2) is 84.9 Å². The van der Waals surface area contributed by atoms with Crippen LogP contribution in [-0.4, -0.2) is 25.4 Å². The maximum absolute atomic E-state index is 11.7. The van der Waals surface area contributed by atoms with E-state index in [1.54, 1.807) is 6.33 Å². The Labute approximate surface area is 292 Å². The van der Waals surface area contributed by atoms with Crippen molar-refractivity contribution in [1.29, 1.82) is 0 Å². The molecule has 2 heterocycles. The minimum absolute atomic E-state index is 0. The van der Waals surface area contributed by atoms with Crippen LogP contribution in [0.4, 0.5) is 0 Å². The van der Waals surface area contributed by atoms with E-state index in [1.165, 1.54) is 38.7 Å². The second-order valence-corrected chi connectivity index (χ2v) is 12.5. The molecule has 0 bridgehead atoms. The van der Waals surface area contributed by atoms with E-state index in [0.29, 0.717) is 5.92 Å². The van der Waals surface area contributed by atoms with Gasteiger partial charge in [0.2, 0.25) is 0 Å². The SMILES string of the molecule is CC(C)c1cc(-c2ncnc3c2c2c4ccccc4ccc2n3C)[c-]c2ccccc12.CCC(CC)C(=O)/C=C(\O)C(CC)CC.[Ir]. The predicted octanol–water partition coefficient (Wildman–Crippen LogP) is 10.9. The van der Waals surface area contributed by atoms with Gasteiger partial charge in [0.05, 0.1) is 11.3 Å². The Balaban J connectivity index is 0.000000269. The summed E-state index contributed by atoms with van der Waals surface area (Å²) in [6.07, 6.45) is 6.58. The first-order valence-electron chi connectivity index (χ1n) is 16.7. The normalized spacial score (nSPS) is 11.9. The molecule has 2 aromatic heterocycles. The van der Waals surface area contributed by atoms with Crippen molar-refractivity contribution in [3.8, 4) is 11.3 Å². The molecule has 6 heteroatoms. The van der Waals surface area contributed by atoms with Crippen LogP contribution in [0.25, 0.3) is 54.7 Å². The number of nitrogens with zero attached hydrogens (tertiary/aromatic N) is 3. The largest absolute Gasteiger partial charge is 0.512 e. The van der Waals surface area contributed by atoms with Crippen LogP contribution in [0.1, 0.15) is 78.7 Å². The fourth-order valence-electron chi connectivity index (χ4n) is 6.62. The van der Waals surface area contributed by atoms with Gasteiger partial charge in [0.15, 0.2) is 5.78 Å². The summed E-state index contributed by atoms with van der Waals surface area (Å²) < 4.78 is 2.17. The fourth-order valence-corrected chi connectivity index (χ4v) is 6.62. The molecule has 0 saturated carbocycles. The van der Waals surface area contributed by atoms with Crippen molar-refractivity contribution in [3.63, 3.8) is 0 Å². The maximum atomic E-state index is 11.7. The van der Waals surface area contributed by atoms with E-state index in [-0.39, 0.29) is 43.5 Å². The summed E-state index contributed by atoms with van der Waals surface area (Å²) in [5.41, 5.74) is 5.40. The molecule has 0 aliphatic rings. The summed E-state index contributed by atoms with van der Waals surface area (Å²) in [4.78, 5) is 21.2. The van der Waals surface area contributed by atoms with Gasteiger partial charge in [-0.25, -0.2) is 4.98 Å². The number of rotatable bonds is 9. The first-order valence-corrected chi connectivity index (χ1v) is 16.7. The molecule has 1 N–H and O–H groups in total. The Hall–Kier alpha value is -3.86. The van der Waals surface area contributed by atoms with Crippen LogP contribution in [-0.2, 0) is 31.9 Å². The number of fused-ring (bicyclic) bond motifs is 6. The van der Waals surface area contributed by atoms with Crippen molar-refractivity contribution >= 4 is 49.3 Å². The van der Waals surface area contributed by atoms with Gasteiger partial charge >= 0.3 is 0 Å². The van der Waals surface area contributed by atoms with Crippen LogP contribution in [0.3, 0.4) is 0 Å².